The van der Waals surface area contributed by atoms with E-state index in [0.29, 0.717) is 16.6 Å². The van der Waals surface area contributed by atoms with Crippen molar-refractivity contribution in [3.63, 3.8) is 0 Å². The normalized spacial score (nSPS) is 14.3. The van der Waals surface area contributed by atoms with Crippen LogP contribution in [0.4, 0.5) is 4.39 Å². The fourth-order valence-electron chi connectivity index (χ4n) is 2.55. The molecule has 0 unspecified atom stereocenters. The molecule has 2 aromatic rings. The van der Waals surface area contributed by atoms with E-state index in [1.807, 2.05) is 0 Å². The number of methoxy groups -OCH3 is 1. The summed E-state index contributed by atoms with van der Waals surface area (Å²) in [5.74, 6) is 0.238. The highest BCUT2D eigenvalue weighted by Crippen LogP contribution is 2.32. The van der Waals surface area contributed by atoms with Crippen LogP contribution in [0, 0.1) is 5.82 Å². The number of halogens is 2. The van der Waals surface area contributed by atoms with Crippen LogP contribution in [0.15, 0.2) is 18.2 Å². The van der Waals surface area contributed by atoms with Gasteiger partial charge in [0.25, 0.3) is 0 Å². The number of aryl methyl sites for hydroxylation is 1. The first kappa shape index (κ1) is 12.5. The van der Waals surface area contributed by atoms with Crippen molar-refractivity contribution >= 4 is 11.6 Å². The van der Waals surface area contributed by atoms with Gasteiger partial charge >= 0.3 is 0 Å². The molecule has 0 atom stereocenters. The minimum atomic E-state index is -0.398. The van der Waals surface area contributed by atoms with Crippen LogP contribution >= 0.6 is 11.6 Å². The van der Waals surface area contributed by atoms with E-state index < -0.39 is 5.82 Å². The summed E-state index contributed by atoms with van der Waals surface area (Å²) in [7, 11) is 1.59. The monoisotopic (exact) mass is 280 g/mol. The molecule has 0 saturated heterocycles. The molecule has 0 N–H and O–H groups in total. The Morgan fingerprint density at radius 2 is 2.11 bits per heavy atom. The van der Waals surface area contributed by atoms with Gasteiger partial charge < -0.3 is 4.74 Å². The highest BCUT2D eigenvalue weighted by Gasteiger charge is 2.23. The minimum Gasteiger partial charge on any atom is -0.481 e. The summed E-state index contributed by atoms with van der Waals surface area (Å²) in [6, 6.07) is 4.57. The fraction of sp³-hybridized carbons (Fsp3) is 0.357. The van der Waals surface area contributed by atoms with E-state index in [9.17, 15) is 4.39 Å². The number of hydrogen-bond donors (Lipinski definition) is 0. The average Bonchev–Trinajstić information content (AvgIpc) is 2.76. The third-order valence-electron chi connectivity index (χ3n) is 3.44. The third-order valence-corrected chi connectivity index (χ3v) is 3.68. The molecular formula is C14H14ClFN2O. The number of nitrogens with zero attached hydrogens (tertiary/aromatic N) is 2. The SMILES string of the molecule is COc1c2c(nn1-c1ccc(Cl)cc1F)CCCC2. The van der Waals surface area contributed by atoms with Gasteiger partial charge in [0.1, 0.15) is 11.5 Å². The van der Waals surface area contributed by atoms with Crippen LogP contribution in [-0.2, 0) is 12.8 Å². The molecule has 0 amide bonds. The highest BCUT2D eigenvalue weighted by atomic mass is 35.5. The van der Waals surface area contributed by atoms with Crippen LogP contribution in [0.1, 0.15) is 24.1 Å². The van der Waals surface area contributed by atoms with E-state index in [1.165, 1.54) is 6.07 Å². The molecular weight excluding hydrogens is 267 g/mol. The average molecular weight is 281 g/mol. The summed E-state index contributed by atoms with van der Waals surface area (Å²) < 4.78 is 21.0. The molecule has 0 aliphatic heterocycles. The first-order valence-corrected chi connectivity index (χ1v) is 6.68. The van der Waals surface area contributed by atoms with Gasteiger partial charge in [0.05, 0.1) is 12.8 Å². The molecule has 1 aliphatic carbocycles. The Morgan fingerprint density at radius 1 is 1.32 bits per heavy atom. The van der Waals surface area contributed by atoms with Crippen LogP contribution in [-0.4, -0.2) is 16.9 Å². The smallest absolute Gasteiger partial charge is 0.220 e. The van der Waals surface area contributed by atoms with Crippen LogP contribution in [0.5, 0.6) is 5.88 Å². The van der Waals surface area contributed by atoms with Crippen LogP contribution in [0.25, 0.3) is 5.69 Å². The molecule has 1 aliphatic rings. The zero-order chi connectivity index (χ0) is 13.4. The van der Waals surface area contributed by atoms with Gasteiger partial charge in [0.2, 0.25) is 5.88 Å². The van der Waals surface area contributed by atoms with Crippen LogP contribution in [0.2, 0.25) is 5.02 Å². The van der Waals surface area contributed by atoms with E-state index in [4.69, 9.17) is 16.3 Å². The van der Waals surface area contributed by atoms with Gasteiger partial charge in [-0.3, -0.25) is 0 Å². The maximum absolute atomic E-state index is 14.0. The van der Waals surface area contributed by atoms with Gasteiger partial charge in [0, 0.05) is 10.6 Å². The largest absolute Gasteiger partial charge is 0.481 e. The standard InChI is InChI=1S/C14H14ClFN2O/c1-19-14-10-4-2-3-5-12(10)17-18(14)13-7-6-9(15)8-11(13)16/h6-8H,2-5H2,1H3. The second-order valence-electron chi connectivity index (χ2n) is 4.65. The Morgan fingerprint density at radius 3 is 2.84 bits per heavy atom. The van der Waals surface area contributed by atoms with Crippen molar-refractivity contribution in [3.05, 3.63) is 40.3 Å². The van der Waals surface area contributed by atoms with Crippen molar-refractivity contribution in [1.29, 1.82) is 0 Å². The molecule has 0 saturated carbocycles. The van der Waals surface area contributed by atoms with Gasteiger partial charge in [-0.15, -0.1) is 0 Å². The molecule has 0 radical (unpaired) electrons. The van der Waals surface area contributed by atoms with E-state index in [2.05, 4.69) is 5.10 Å². The Balaban J connectivity index is 2.16. The van der Waals surface area contributed by atoms with Gasteiger partial charge in [-0.1, -0.05) is 11.6 Å². The summed E-state index contributed by atoms with van der Waals surface area (Å²) in [5.41, 5.74) is 2.48. The van der Waals surface area contributed by atoms with Crippen molar-refractivity contribution < 1.29 is 9.13 Å². The predicted molar refractivity (Wildman–Crippen MR) is 71.7 cm³/mol. The third kappa shape index (κ3) is 2.10. The molecule has 3 nitrogen and oxygen atoms in total. The highest BCUT2D eigenvalue weighted by molar-refractivity contribution is 6.30. The second-order valence-corrected chi connectivity index (χ2v) is 5.09. The number of benzene rings is 1. The first-order valence-electron chi connectivity index (χ1n) is 6.31. The number of ether oxygens (including phenoxy) is 1. The van der Waals surface area contributed by atoms with Crippen molar-refractivity contribution in [2.24, 2.45) is 0 Å². The Hall–Kier alpha value is -1.55. The zero-order valence-corrected chi connectivity index (χ0v) is 11.4. The maximum Gasteiger partial charge on any atom is 0.220 e. The van der Waals surface area contributed by atoms with Gasteiger partial charge in [-0.25, -0.2) is 4.39 Å². The molecule has 3 rings (SSSR count). The lowest BCUT2D eigenvalue weighted by Crippen LogP contribution is -2.03. The van der Waals surface area contributed by atoms with Crippen molar-refractivity contribution in [3.8, 4) is 11.6 Å². The predicted octanol–water partition coefficient (Wildman–Crippen LogP) is 3.55. The number of hydrogen-bond acceptors (Lipinski definition) is 2. The molecule has 5 heteroatoms. The Labute approximate surface area is 115 Å². The van der Waals surface area contributed by atoms with Crippen LogP contribution < -0.4 is 4.74 Å². The van der Waals surface area contributed by atoms with E-state index in [-0.39, 0.29) is 0 Å². The second kappa shape index (κ2) is 4.85. The molecule has 1 heterocycles. The molecule has 1 aromatic heterocycles. The Kier molecular flexibility index (Phi) is 3.19. The van der Waals surface area contributed by atoms with Crippen molar-refractivity contribution in [2.45, 2.75) is 25.7 Å². The number of fused-ring (bicyclic) bond motifs is 1. The fourth-order valence-corrected chi connectivity index (χ4v) is 2.71. The maximum atomic E-state index is 14.0. The summed E-state index contributed by atoms with van der Waals surface area (Å²) in [6.07, 6.45) is 4.11. The first-order chi connectivity index (χ1) is 9.20. The van der Waals surface area contributed by atoms with Gasteiger partial charge in [0.15, 0.2) is 0 Å². The molecule has 1 aromatic carbocycles. The van der Waals surface area contributed by atoms with Gasteiger partial charge in [-0.2, -0.15) is 9.78 Å². The zero-order valence-electron chi connectivity index (χ0n) is 10.6. The lowest BCUT2D eigenvalue weighted by molar-refractivity contribution is 0.377. The lowest BCUT2D eigenvalue weighted by atomic mass is 9.98. The van der Waals surface area contributed by atoms with E-state index >= 15 is 0 Å². The van der Waals surface area contributed by atoms with E-state index in [1.54, 1.807) is 23.9 Å². The van der Waals surface area contributed by atoms with Crippen molar-refractivity contribution in [1.82, 2.24) is 9.78 Å². The van der Waals surface area contributed by atoms with Crippen LogP contribution in [0.3, 0.4) is 0 Å². The van der Waals surface area contributed by atoms with E-state index in [0.717, 1.165) is 36.9 Å². The summed E-state index contributed by atoms with van der Waals surface area (Å²) in [5, 5.41) is 4.86. The summed E-state index contributed by atoms with van der Waals surface area (Å²) in [6.45, 7) is 0. The van der Waals surface area contributed by atoms with Gasteiger partial charge in [-0.05, 0) is 43.9 Å². The molecule has 0 bridgehead atoms. The quantitative estimate of drug-likeness (QED) is 0.841. The minimum absolute atomic E-state index is 0.371. The Bertz CT molecular complexity index is 624. The van der Waals surface area contributed by atoms with Crippen molar-refractivity contribution in [2.75, 3.05) is 7.11 Å². The molecule has 19 heavy (non-hydrogen) atoms. The lowest BCUT2D eigenvalue weighted by Gasteiger charge is -2.10. The summed E-state index contributed by atoms with van der Waals surface area (Å²) in [4.78, 5) is 0. The number of rotatable bonds is 2. The topological polar surface area (TPSA) is 27.1 Å². The molecule has 0 fully saturated rings. The summed E-state index contributed by atoms with van der Waals surface area (Å²) >= 11 is 5.78. The molecule has 0 spiro atoms. The molecule has 100 valence electrons. The number of aromatic nitrogens is 2.